The number of carbonyl (C=O) groups is 1. The van der Waals surface area contributed by atoms with Crippen molar-refractivity contribution in [2.45, 2.75) is 33.4 Å². The fraction of sp³-hybridized carbons (Fsp3) is 0.207. The summed E-state index contributed by atoms with van der Waals surface area (Å²) in [6.07, 6.45) is 0. The first-order valence-corrected chi connectivity index (χ1v) is 12.1. The Balaban J connectivity index is 1.56. The molecule has 3 aromatic carbocycles. The van der Waals surface area contributed by atoms with Gasteiger partial charge in [0, 0.05) is 11.3 Å². The normalized spacial score (nSPS) is 15.6. The van der Waals surface area contributed by atoms with Crippen LogP contribution in [0.2, 0.25) is 0 Å². The second-order valence-electron chi connectivity index (χ2n) is 8.83. The lowest BCUT2D eigenvalue weighted by Crippen LogP contribution is -2.45. The van der Waals surface area contributed by atoms with Crippen LogP contribution < -0.4 is 10.1 Å². The number of halogens is 1. The van der Waals surface area contributed by atoms with E-state index in [-0.39, 0.29) is 17.7 Å². The van der Waals surface area contributed by atoms with Crippen LogP contribution in [-0.2, 0) is 6.54 Å². The molecule has 1 aliphatic rings. The molecule has 0 fully saturated rings. The van der Waals surface area contributed by atoms with E-state index in [0.717, 1.165) is 22.4 Å². The van der Waals surface area contributed by atoms with Crippen molar-refractivity contribution in [1.29, 1.82) is 0 Å². The number of allylic oxidation sites excluding steroid dienone is 1. The van der Waals surface area contributed by atoms with Crippen LogP contribution >= 0.6 is 0 Å². The highest BCUT2D eigenvalue weighted by Crippen LogP contribution is 2.38. The molecule has 8 heteroatoms. The molecule has 4 aromatic rings. The van der Waals surface area contributed by atoms with Crippen LogP contribution in [0.15, 0.2) is 83.0 Å². The Kier molecular flexibility index (Phi) is 6.72. The van der Waals surface area contributed by atoms with Gasteiger partial charge in [-0.25, -0.2) is 9.18 Å². The van der Waals surface area contributed by atoms with Crippen LogP contribution in [0.25, 0.3) is 17.0 Å². The molecule has 188 valence electrons. The smallest absolute Gasteiger partial charge is 0.322 e. The summed E-state index contributed by atoms with van der Waals surface area (Å²) >= 11 is 0. The van der Waals surface area contributed by atoms with Crippen LogP contribution in [0, 0.1) is 12.7 Å². The summed E-state index contributed by atoms with van der Waals surface area (Å²) in [5.41, 5.74) is 4.93. The summed E-state index contributed by atoms with van der Waals surface area (Å²) in [6, 6.07) is 20.6. The number of nitrogens with zero attached hydrogens (tertiary/aromatic N) is 3. The first-order chi connectivity index (χ1) is 17.9. The molecule has 2 heterocycles. The topological polar surface area (TPSA) is 80.5 Å². The van der Waals surface area contributed by atoms with Crippen molar-refractivity contribution >= 4 is 11.6 Å². The average molecular weight is 499 g/mol. The van der Waals surface area contributed by atoms with Crippen LogP contribution in [-0.4, -0.2) is 27.7 Å². The zero-order valence-corrected chi connectivity index (χ0v) is 20.9. The van der Waals surface area contributed by atoms with E-state index in [1.807, 2.05) is 69.3 Å². The molecule has 0 bridgehead atoms. The van der Waals surface area contributed by atoms with E-state index in [0.29, 0.717) is 35.8 Å². The number of urea groups is 1. The lowest BCUT2D eigenvalue weighted by Gasteiger charge is -2.35. The number of amides is 2. The fourth-order valence-electron chi connectivity index (χ4n) is 4.43. The highest BCUT2D eigenvalue weighted by atomic mass is 19.1. The average Bonchev–Trinajstić information content (AvgIpc) is 3.38. The van der Waals surface area contributed by atoms with Gasteiger partial charge in [0.2, 0.25) is 5.82 Å². The Morgan fingerprint density at radius 2 is 1.76 bits per heavy atom. The van der Waals surface area contributed by atoms with E-state index in [4.69, 9.17) is 9.26 Å². The Hall–Kier alpha value is -4.46. The highest BCUT2D eigenvalue weighted by Gasteiger charge is 2.36. The van der Waals surface area contributed by atoms with Gasteiger partial charge in [-0.3, -0.25) is 4.90 Å². The number of ether oxygens (including phenoxy) is 1. The number of aryl methyl sites for hydroxylation is 1. The van der Waals surface area contributed by atoms with E-state index < -0.39 is 6.04 Å². The second kappa shape index (κ2) is 10.3. The van der Waals surface area contributed by atoms with E-state index in [2.05, 4.69) is 15.5 Å². The molecule has 0 aliphatic carbocycles. The predicted octanol–water partition coefficient (Wildman–Crippen LogP) is 6.28. The molecule has 5 rings (SSSR count). The first-order valence-electron chi connectivity index (χ1n) is 12.1. The highest BCUT2D eigenvalue weighted by molar-refractivity contribution is 5.87. The van der Waals surface area contributed by atoms with Crippen molar-refractivity contribution in [2.75, 3.05) is 6.61 Å². The van der Waals surface area contributed by atoms with Gasteiger partial charge in [0.25, 0.3) is 5.89 Å². The van der Waals surface area contributed by atoms with Crippen molar-refractivity contribution < 1.29 is 18.4 Å². The second-order valence-corrected chi connectivity index (χ2v) is 8.83. The number of carbonyl (C=O) groups excluding carboxylic acids is 1. The minimum Gasteiger partial charge on any atom is -0.494 e. The Morgan fingerprint density at radius 3 is 2.46 bits per heavy atom. The maximum absolute atomic E-state index is 13.7. The van der Waals surface area contributed by atoms with E-state index >= 15 is 0 Å². The Labute approximate surface area is 214 Å². The third-order valence-corrected chi connectivity index (χ3v) is 6.47. The van der Waals surface area contributed by atoms with Gasteiger partial charge in [-0.15, -0.1) is 0 Å². The molecule has 1 N–H and O–H groups in total. The molecular weight excluding hydrogens is 471 g/mol. The van der Waals surface area contributed by atoms with Crippen LogP contribution in [0.1, 0.15) is 42.5 Å². The van der Waals surface area contributed by atoms with Gasteiger partial charge in [-0.2, -0.15) is 4.98 Å². The van der Waals surface area contributed by atoms with Gasteiger partial charge >= 0.3 is 6.03 Å². The largest absolute Gasteiger partial charge is 0.494 e. The zero-order valence-electron chi connectivity index (χ0n) is 20.9. The maximum Gasteiger partial charge on any atom is 0.322 e. The minimum atomic E-state index is -0.588. The molecule has 37 heavy (non-hydrogen) atoms. The summed E-state index contributed by atoms with van der Waals surface area (Å²) in [6.45, 7) is 6.76. The van der Waals surface area contributed by atoms with Gasteiger partial charge in [0.15, 0.2) is 0 Å². The third kappa shape index (κ3) is 4.95. The molecule has 1 aromatic heterocycles. The van der Waals surface area contributed by atoms with Crippen molar-refractivity contribution in [1.82, 2.24) is 20.4 Å². The number of benzene rings is 3. The molecule has 0 radical (unpaired) electrons. The molecule has 1 unspecified atom stereocenters. The quantitative estimate of drug-likeness (QED) is 0.324. The molecular formula is C29H27FN4O3. The first kappa shape index (κ1) is 24.2. The number of nitrogens with one attached hydrogen (secondary N) is 1. The lowest BCUT2D eigenvalue weighted by atomic mass is 9.94. The summed E-state index contributed by atoms with van der Waals surface area (Å²) in [5, 5.41) is 7.26. The molecule has 0 saturated heterocycles. The summed E-state index contributed by atoms with van der Waals surface area (Å²) in [4.78, 5) is 19.6. The summed E-state index contributed by atoms with van der Waals surface area (Å²) in [5.74, 6) is 1.10. The van der Waals surface area contributed by atoms with Gasteiger partial charge in [-0.05, 0) is 73.9 Å². The molecule has 7 nitrogen and oxygen atoms in total. The Bertz CT molecular complexity index is 1440. The minimum absolute atomic E-state index is 0.259. The van der Waals surface area contributed by atoms with E-state index in [1.54, 1.807) is 17.0 Å². The van der Waals surface area contributed by atoms with Crippen LogP contribution in [0.3, 0.4) is 0 Å². The number of rotatable bonds is 7. The SMILES string of the molecule is CCOc1ccc(-c2noc(C3=C(C)N(Cc4ccccc4C)C(=O)NC3c3ccc(F)cc3)n2)cc1. The van der Waals surface area contributed by atoms with Gasteiger partial charge in [0.1, 0.15) is 11.6 Å². The van der Waals surface area contributed by atoms with Crippen molar-refractivity contribution in [2.24, 2.45) is 0 Å². The van der Waals surface area contributed by atoms with E-state index in [1.165, 1.54) is 12.1 Å². The summed E-state index contributed by atoms with van der Waals surface area (Å²) in [7, 11) is 0. The molecule has 0 spiro atoms. The van der Waals surface area contributed by atoms with Crippen molar-refractivity contribution in [3.8, 4) is 17.1 Å². The lowest BCUT2D eigenvalue weighted by molar-refractivity contribution is 0.203. The predicted molar refractivity (Wildman–Crippen MR) is 138 cm³/mol. The standard InChI is InChI=1S/C29H27FN4O3/c1-4-36-24-15-11-21(12-16-24)27-32-28(37-33-27)25-19(3)34(17-22-8-6-5-7-18(22)2)29(35)31-26(25)20-9-13-23(30)14-10-20/h5-16,26H,4,17H2,1-3H3,(H,31,35). The van der Waals surface area contributed by atoms with Crippen molar-refractivity contribution in [3.63, 3.8) is 0 Å². The number of hydrogen-bond donors (Lipinski definition) is 1. The van der Waals surface area contributed by atoms with Gasteiger partial charge < -0.3 is 14.6 Å². The maximum atomic E-state index is 13.7. The zero-order chi connectivity index (χ0) is 25.9. The number of aromatic nitrogens is 2. The molecule has 1 aliphatic heterocycles. The monoisotopic (exact) mass is 498 g/mol. The van der Waals surface area contributed by atoms with Crippen molar-refractivity contribution in [3.05, 3.63) is 107 Å². The third-order valence-electron chi connectivity index (χ3n) is 6.47. The van der Waals surface area contributed by atoms with Gasteiger partial charge in [-0.1, -0.05) is 41.6 Å². The number of hydrogen-bond acceptors (Lipinski definition) is 5. The molecule has 2 amide bonds. The van der Waals surface area contributed by atoms with E-state index in [9.17, 15) is 9.18 Å². The molecule has 1 atom stereocenters. The van der Waals surface area contributed by atoms with Crippen LogP contribution in [0.5, 0.6) is 5.75 Å². The molecule has 0 saturated carbocycles. The fourth-order valence-corrected chi connectivity index (χ4v) is 4.43. The summed E-state index contributed by atoms with van der Waals surface area (Å²) < 4.78 is 24.9. The van der Waals surface area contributed by atoms with Crippen LogP contribution in [0.4, 0.5) is 9.18 Å². The Morgan fingerprint density at radius 1 is 1.03 bits per heavy atom. The van der Waals surface area contributed by atoms with Gasteiger partial charge in [0.05, 0.1) is 24.8 Å².